The van der Waals surface area contributed by atoms with E-state index in [9.17, 15) is 19.5 Å². The van der Waals surface area contributed by atoms with Gasteiger partial charge in [0, 0.05) is 12.7 Å². The average molecular weight is 384 g/mol. The van der Waals surface area contributed by atoms with E-state index in [2.05, 4.69) is 15.3 Å². The van der Waals surface area contributed by atoms with Crippen LogP contribution in [0, 0.1) is 5.41 Å². The molecule has 1 aliphatic heterocycles. The van der Waals surface area contributed by atoms with Gasteiger partial charge in [0.2, 0.25) is 5.91 Å². The molecule has 148 valence electrons. The highest BCUT2D eigenvalue weighted by Gasteiger charge is 2.42. The molecular weight excluding hydrogens is 360 g/mol. The number of fused-ring (bicyclic) bond motifs is 1. The van der Waals surface area contributed by atoms with Crippen LogP contribution < -0.4 is 5.32 Å². The van der Waals surface area contributed by atoms with Gasteiger partial charge in [-0.15, -0.1) is 0 Å². The summed E-state index contributed by atoms with van der Waals surface area (Å²) in [5.41, 5.74) is 0.832. The fourth-order valence-electron chi connectivity index (χ4n) is 3.39. The minimum atomic E-state index is -1.02. The highest BCUT2D eigenvalue weighted by molar-refractivity contribution is 5.98. The lowest BCUT2D eigenvalue weighted by molar-refractivity contribution is -0.150. The SMILES string of the molecule is CC(C)(C)[C@H](NC(=O)c1ccc2ncccc2n1)C(=O)N1CCC[C@@H]1C(=O)O. The number of carbonyl (C=O) groups excluding carboxylic acids is 2. The van der Waals surface area contributed by atoms with Gasteiger partial charge < -0.3 is 15.3 Å². The number of nitrogens with one attached hydrogen (secondary N) is 1. The molecule has 2 amide bonds. The first-order valence-corrected chi connectivity index (χ1v) is 9.24. The second kappa shape index (κ2) is 7.53. The molecule has 0 bridgehead atoms. The molecule has 1 aliphatic rings. The van der Waals surface area contributed by atoms with Crippen molar-refractivity contribution in [3.63, 3.8) is 0 Å². The third-order valence-electron chi connectivity index (χ3n) is 4.90. The van der Waals surface area contributed by atoms with Crippen LogP contribution in [0.1, 0.15) is 44.1 Å². The minimum Gasteiger partial charge on any atom is -0.480 e. The predicted molar refractivity (Wildman–Crippen MR) is 103 cm³/mol. The Bertz CT molecular complexity index is 922. The normalized spacial score (nSPS) is 18.1. The molecule has 0 radical (unpaired) electrons. The minimum absolute atomic E-state index is 0.179. The topological polar surface area (TPSA) is 112 Å². The third kappa shape index (κ3) is 3.95. The summed E-state index contributed by atoms with van der Waals surface area (Å²) < 4.78 is 0. The highest BCUT2D eigenvalue weighted by Crippen LogP contribution is 2.26. The number of aromatic nitrogens is 2. The lowest BCUT2D eigenvalue weighted by Crippen LogP contribution is -2.56. The van der Waals surface area contributed by atoms with Crippen LogP contribution in [-0.4, -0.2) is 56.4 Å². The van der Waals surface area contributed by atoms with Crippen molar-refractivity contribution < 1.29 is 19.5 Å². The molecule has 2 atom stereocenters. The molecule has 0 unspecified atom stereocenters. The maximum Gasteiger partial charge on any atom is 0.326 e. The predicted octanol–water partition coefficient (Wildman–Crippen LogP) is 1.85. The summed E-state index contributed by atoms with van der Waals surface area (Å²) in [4.78, 5) is 47.2. The Hall–Kier alpha value is -3.03. The zero-order valence-electron chi connectivity index (χ0n) is 16.2. The van der Waals surface area contributed by atoms with Crippen molar-refractivity contribution in [3.8, 4) is 0 Å². The summed E-state index contributed by atoms with van der Waals surface area (Å²) in [5.74, 6) is -1.88. The van der Waals surface area contributed by atoms with Crippen molar-refractivity contribution in [2.45, 2.75) is 45.7 Å². The van der Waals surface area contributed by atoms with Crippen LogP contribution in [0.15, 0.2) is 30.5 Å². The Morgan fingerprint density at radius 1 is 1.21 bits per heavy atom. The lowest BCUT2D eigenvalue weighted by Gasteiger charge is -2.34. The molecule has 3 heterocycles. The molecule has 0 aromatic carbocycles. The summed E-state index contributed by atoms with van der Waals surface area (Å²) in [5, 5.41) is 12.1. The Balaban J connectivity index is 1.84. The summed E-state index contributed by atoms with van der Waals surface area (Å²) in [7, 11) is 0. The van der Waals surface area contributed by atoms with Crippen molar-refractivity contribution >= 4 is 28.8 Å². The van der Waals surface area contributed by atoms with Gasteiger partial charge in [0.15, 0.2) is 0 Å². The largest absolute Gasteiger partial charge is 0.480 e. The van der Waals surface area contributed by atoms with Crippen LogP contribution >= 0.6 is 0 Å². The van der Waals surface area contributed by atoms with E-state index in [0.717, 1.165) is 0 Å². The monoisotopic (exact) mass is 384 g/mol. The number of amides is 2. The number of nitrogens with zero attached hydrogens (tertiary/aromatic N) is 3. The number of carboxylic acid groups (broad SMARTS) is 1. The van der Waals surface area contributed by atoms with E-state index in [-0.39, 0.29) is 11.6 Å². The van der Waals surface area contributed by atoms with Crippen molar-refractivity contribution in [1.82, 2.24) is 20.2 Å². The Morgan fingerprint density at radius 2 is 1.96 bits per heavy atom. The number of rotatable bonds is 4. The lowest BCUT2D eigenvalue weighted by atomic mass is 9.85. The van der Waals surface area contributed by atoms with Crippen LogP contribution in [0.2, 0.25) is 0 Å². The van der Waals surface area contributed by atoms with Gasteiger partial charge in [-0.05, 0) is 42.5 Å². The summed E-state index contributed by atoms with van der Waals surface area (Å²) in [6.45, 7) is 5.87. The molecule has 28 heavy (non-hydrogen) atoms. The molecule has 2 N–H and O–H groups in total. The van der Waals surface area contributed by atoms with Crippen LogP contribution in [-0.2, 0) is 9.59 Å². The van der Waals surface area contributed by atoms with Crippen LogP contribution in [0.25, 0.3) is 11.0 Å². The molecule has 8 nitrogen and oxygen atoms in total. The molecule has 0 saturated carbocycles. The summed E-state index contributed by atoms with van der Waals surface area (Å²) in [6, 6.07) is 5.03. The second-order valence-electron chi connectivity index (χ2n) is 8.04. The van der Waals surface area contributed by atoms with E-state index in [1.54, 1.807) is 30.5 Å². The fourth-order valence-corrected chi connectivity index (χ4v) is 3.39. The van der Waals surface area contributed by atoms with E-state index >= 15 is 0 Å². The van der Waals surface area contributed by atoms with Gasteiger partial charge in [-0.25, -0.2) is 9.78 Å². The van der Waals surface area contributed by atoms with Gasteiger partial charge in [-0.3, -0.25) is 14.6 Å². The van der Waals surface area contributed by atoms with E-state index in [0.29, 0.717) is 30.4 Å². The fraction of sp³-hybridized carbons (Fsp3) is 0.450. The maximum absolute atomic E-state index is 13.1. The number of hydrogen-bond acceptors (Lipinski definition) is 5. The number of aliphatic carboxylic acids is 1. The van der Waals surface area contributed by atoms with E-state index < -0.39 is 29.4 Å². The zero-order valence-corrected chi connectivity index (χ0v) is 16.2. The van der Waals surface area contributed by atoms with Gasteiger partial charge in [0.25, 0.3) is 5.91 Å². The van der Waals surface area contributed by atoms with Gasteiger partial charge in [-0.1, -0.05) is 20.8 Å². The molecule has 2 aromatic rings. The maximum atomic E-state index is 13.1. The van der Waals surface area contributed by atoms with Gasteiger partial charge in [0.05, 0.1) is 11.0 Å². The van der Waals surface area contributed by atoms with E-state index in [4.69, 9.17) is 0 Å². The standard InChI is InChI=1S/C20H24N4O4/c1-20(2,3)16(18(26)24-11-5-7-15(24)19(27)28)23-17(25)14-9-8-12-13(22-14)6-4-10-21-12/h4,6,8-10,15-16H,5,7,11H2,1-3H3,(H,23,25)(H,27,28)/t15-,16-/m1/s1. The molecule has 3 rings (SSSR count). The number of carbonyl (C=O) groups is 3. The van der Waals surface area contributed by atoms with Crippen molar-refractivity contribution in [1.29, 1.82) is 0 Å². The Labute approximate surface area is 163 Å². The average Bonchev–Trinajstić information content (AvgIpc) is 3.14. The first-order valence-electron chi connectivity index (χ1n) is 9.24. The highest BCUT2D eigenvalue weighted by atomic mass is 16.4. The summed E-state index contributed by atoms with van der Waals surface area (Å²) in [6.07, 6.45) is 2.70. The number of carboxylic acids is 1. The van der Waals surface area contributed by atoms with E-state index in [1.807, 2.05) is 20.8 Å². The van der Waals surface area contributed by atoms with Crippen LogP contribution in [0.4, 0.5) is 0 Å². The van der Waals surface area contributed by atoms with Crippen molar-refractivity contribution in [2.75, 3.05) is 6.54 Å². The Morgan fingerprint density at radius 3 is 2.64 bits per heavy atom. The molecule has 1 fully saturated rings. The molecular formula is C20H24N4O4. The first-order chi connectivity index (χ1) is 13.2. The van der Waals surface area contributed by atoms with Gasteiger partial charge in [0.1, 0.15) is 17.8 Å². The Kier molecular flexibility index (Phi) is 5.31. The molecule has 0 aliphatic carbocycles. The molecule has 1 saturated heterocycles. The number of pyridine rings is 2. The number of likely N-dealkylation sites (tertiary alicyclic amines) is 1. The zero-order chi connectivity index (χ0) is 20.5. The van der Waals surface area contributed by atoms with Crippen LogP contribution in [0.5, 0.6) is 0 Å². The van der Waals surface area contributed by atoms with Crippen molar-refractivity contribution in [2.24, 2.45) is 5.41 Å². The van der Waals surface area contributed by atoms with Crippen LogP contribution in [0.3, 0.4) is 0 Å². The third-order valence-corrected chi connectivity index (χ3v) is 4.90. The molecule has 8 heteroatoms. The van der Waals surface area contributed by atoms with Crippen molar-refractivity contribution in [3.05, 3.63) is 36.2 Å². The second-order valence-corrected chi connectivity index (χ2v) is 8.04. The summed E-state index contributed by atoms with van der Waals surface area (Å²) >= 11 is 0. The van der Waals surface area contributed by atoms with Gasteiger partial charge in [-0.2, -0.15) is 0 Å². The van der Waals surface area contributed by atoms with Gasteiger partial charge >= 0.3 is 5.97 Å². The molecule has 2 aromatic heterocycles. The first kappa shape index (κ1) is 19.7. The quantitative estimate of drug-likeness (QED) is 0.832. The smallest absolute Gasteiger partial charge is 0.326 e. The molecule has 0 spiro atoms. The van der Waals surface area contributed by atoms with E-state index in [1.165, 1.54) is 4.90 Å². The number of hydrogen-bond donors (Lipinski definition) is 2.